The molecule has 0 aliphatic rings. The molecule has 2 aromatic carbocycles. The van der Waals surface area contributed by atoms with Crippen molar-refractivity contribution in [1.29, 1.82) is 0 Å². The van der Waals surface area contributed by atoms with Gasteiger partial charge in [-0.3, -0.25) is 4.79 Å². The van der Waals surface area contributed by atoms with E-state index in [0.717, 1.165) is 15.4 Å². The maximum absolute atomic E-state index is 13.0. The molecule has 0 aromatic heterocycles. The summed E-state index contributed by atoms with van der Waals surface area (Å²) in [6, 6.07) is 11.9. The molecule has 0 bridgehead atoms. The van der Waals surface area contributed by atoms with E-state index in [-0.39, 0.29) is 22.6 Å². The van der Waals surface area contributed by atoms with Crippen LogP contribution in [-0.4, -0.2) is 32.7 Å². The van der Waals surface area contributed by atoms with Crippen LogP contribution in [0.25, 0.3) is 0 Å². The van der Waals surface area contributed by atoms with Gasteiger partial charge < -0.3 is 5.32 Å². The van der Waals surface area contributed by atoms with Crippen LogP contribution >= 0.6 is 11.6 Å². The monoisotopic (exact) mass is 408 g/mol. The largest absolute Gasteiger partial charge is 0.325 e. The predicted molar refractivity (Wildman–Crippen MR) is 110 cm³/mol. The molecule has 1 N–H and O–H groups in total. The second kappa shape index (κ2) is 8.42. The Hall–Kier alpha value is -1.89. The van der Waals surface area contributed by atoms with Crippen LogP contribution in [0.2, 0.25) is 5.02 Å². The van der Waals surface area contributed by atoms with Crippen molar-refractivity contribution in [3.05, 3.63) is 58.6 Å². The van der Waals surface area contributed by atoms with Crippen molar-refractivity contribution in [2.75, 3.05) is 19.4 Å². The first-order valence-electron chi connectivity index (χ1n) is 8.63. The fourth-order valence-corrected chi connectivity index (χ4v) is 3.88. The fourth-order valence-electron chi connectivity index (χ4n) is 2.83. The van der Waals surface area contributed by atoms with Crippen LogP contribution < -0.4 is 5.32 Å². The van der Waals surface area contributed by atoms with Gasteiger partial charge in [-0.25, -0.2) is 12.7 Å². The maximum Gasteiger partial charge on any atom is 0.242 e. The van der Waals surface area contributed by atoms with Gasteiger partial charge in [-0.15, -0.1) is 0 Å². The fraction of sp³-hybridized carbons (Fsp3) is 0.350. The molecule has 146 valence electrons. The van der Waals surface area contributed by atoms with E-state index in [0.29, 0.717) is 10.7 Å². The van der Waals surface area contributed by atoms with Crippen molar-refractivity contribution in [2.24, 2.45) is 5.92 Å². The quantitative estimate of drug-likeness (QED) is 0.775. The van der Waals surface area contributed by atoms with E-state index in [4.69, 9.17) is 11.6 Å². The predicted octanol–water partition coefficient (Wildman–Crippen LogP) is 4.28. The molecule has 0 spiro atoms. The zero-order chi connectivity index (χ0) is 20.4. The van der Waals surface area contributed by atoms with E-state index in [1.54, 1.807) is 24.3 Å². The van der Waals surface area contributed by atoms with Gasteiger partial charge in [0.25, 0.3) is 0 Å². The molecule has 0 heterocycles. The molecule has 2 aromatic rings. The molecule has 27 heavy (non-hydrogen) atoms. The summed E-state index contributed by atoms with van der Waals surface area (Å²) in [6.07, 6.45) is 0. The summed E-state index contributed by atoms with van der Waals surface area (Å²) in [5, 5.41) is 3.51. The Labute approximate surface area is 166 Å². The van der Waals surface area contributed by atoms with Gasteiger partial charge in [0.15, 0.2) is 0 Å². The molecule has 7 heteroatoms. The number of nitrogens with zero attached hydrogens (tertiary/aromatic N) is 1. The second-order valence-electron chi connectivity index (χ2n) is 7.03. The third kappa shape index (κ3) is 4.89. The lowest BCUT2D eigenvalue weighted by Gasteiger charge is -2.22. The number of aryl methyl sites for hydroxylation is 1. The summed E-state index contributed by atoms with van der Waals surface area (Å²) in [4.78, 5) is 13.1. The number of carbonyl (C=O) groups excluding carboxylic acids is 1. The molecule has 0 saturated carbocycles. The standard InChI is InChI=1S/C20H25ClN2O3S/c1-13(2)19(15-7-9-16(21)10-8-15)20(24)22-18-12-17(11-6-14(18)3)27(25,26)23(4)5/h6-13,19H,1-5H3,(H,22,24)/t19-/m1/s1. The van der Waals surface area contributed by atoms with E-state index in [2.05, 4.69) is 5.32 Å². The Morgan fingerprint density at radius 1 is 1.07 bits per heavy atom. The molecular weight excluding hydrogens is 384 g/mol. The summed E-state index contributed by atoms with van der Waals surface area (Å²) >= 11 is 5.95. The van der Waals surface area contributed by atoms with E-state index < -0.39 is 10.0 Å². The Bertz CT molecular complexity index is 923. The molecule has 5 nitrogen and oxygen atoms in total. The first-order chi connectivity index (χ1) is 12.5. The minimum Gasteiger partial charge on any atom is -0.325 e. The number of halogens is 1. The van der Waals surface area contributed by atoms with Crippen LogP contribution in [0.3, 0.4) is 0 Å². The van der Waals surface area contributed by atoms with E-state index in [9.17, 15) is 13.2 Å². The lowest BCUT2D eigenvalue weighted by atomic mass is 9.87. The summed E-state index contributed by atoms with van der Waals surface area (Å²) in [5.74, 6) is -0.509. The number of hydrogen-bond acceptors (Lipinski definition) is 3. The summed E-state index contributed by atoms with van der Waals surface area (Å²) in [5.41, 5.74) is 2.14. The molecular formula is C20H25ClN2O3S. The average Bonchev–Trinajstić information content (AvgIpc) is 2.58. The third-order valence-corrected chi connectivity index (χ3v) is 6.49. The van der Waals surface area contributed by atoms with Crippen LogP contribution in [0.5, 0.6) is 0 Å². The topological polar surface area (TPSA) is 66.5 Å². The van der Waals surface area contributed by atoms with Crippen LogP contribution in [0.1, 0.15) is 30.9 Å². The highest BCUT2D eigenvalue weighted by Gasteiger charge is 2.25. The number of amides is 1. The molecule has 0 aliphatic heterocycles. The molecule has 0 aliphatic carbocycles. The van der Waals surface area contributed by atoms with Crippen molar-refractivity contribution >= 4 is 33.2 Å². The molecule has 0 fully saturated rings. The molecule has 0 radical (unpaired) electrons. The lowest BCUT2D eigenvalue weighted by Crippen LogP contribution is -2.26. The molecule has 2 rings (SSSR count). The van der Waals surface area contributed by atoms with Crippen LogP contribution in [0.15, 0.2) is 47.4 Å². The number of rotatable bonds is 6. The van der Waals surface area contributed by atoms with Crippen LogP contribution in [-0.2, 0) is 14.8 Å². The van der Waals surface area contributed by atoms with Gasteiger partial charge >= 0.3 is 0 Å². The average molecular weight is 409 g/mol. The van der Waals surface area contributed by atoms with Gasteiger partial charge in [0, 0.05) is 24.8 Å². The van der Waals surface area contributed by atoms with E-state index in [1.165, 1.54) is 20.2 Å². The van der Waals surface area contributed by atoms with Crippen molar-refractivity contribution < 1.29 is 13.2 Å². The van der Waals surface area contributed by atoms with E-state index in [1.807, 2.05) is 32.9 Å². The first-order valence-corrected chi connectivity index (χ1v) is 10.5. The zero-order valence-corrected chi connectivity index (χ0v) is 17.7. The van der Waals surface area contributed by atoms with Gasteiger partial charge in [0.2, 0.25) is 15.9 Å². The van der Waals surface area contributed by atoms with Crippen molar-refractivity contribution in [1.82, 2.24) is 4.31 Å². The van der Waals surface area contributed by atoms with Crippen LogP contribution in [0, 0.1) is 12.8 Å². The Morgan fingerprint density at radius 3 is 2.19 bits per heavy atom. The smallest absolute Gasteiger partial charge is 0.242 e. The minimum absolute atomic E-state index is 0.0557. The Morgan fingerprint density at radius 2 is 1.67 bits per heavy atom. The number of sulfonamides is 1. The summed E-state index contributed by atoms with van der Waals surface area (Å²) in [7, 11) is -0.628. The van der Waals surface area contributed by atoms with Gasteiger partial charge in [-0.2, -0.15) is 0 Å². The van der Waals surface area contributed by atoms with Crippen molar-refractivity contribution in [3.63, 3.8) is 0 Å². The minimum atomic E-state index is -3.58. The highest BCUT2D eigenvalue weighted by molar-refractivity contribution is 7.89. The van der Waals surface area contributed by atoms with Gasteiger partial charge in [-0.05, 0) is 48.2 Å². The zero-order valence-electron chi connectivity index (χ0n) is 16.2. The third-order valence-electron chi connectivity index (χ3n) is 4.42. The normalized spacial score (nSPS) is 13.0. The number of carbonyl (C=O) groups is 1. The molecule has 0 saturated heterocycles. The number of nitrogens with one attached hydrogen (secondary N) is 1. The summed E-state index contributed by atoms with van der Waals surface area (Å²) in [6.45, 7) is 5.77. The first kappa shape index (κ1) is 21.4. The Kier molecular flexibility index (Phi) is 6.68. The van der Waals surface area contributed by atoms with Crippen molar-refractivity contribution in [2.45, 2.75) is 31.6 Å². The second-order valence-corrected chi connectivity index (χ2v) is 9.61. The number of hydrogen-bond donors (Lipinski definition) is 1. The number of anilines is 1. The maximum atomic E-state index is 13.0. The molecule has 0 unspecified atom stereocenters. The molecule has 1 amide bonds. The Balaban J connectivity index is 2.36. The molecule has 1 atom stereocenters. The number of benzene rings is 2. The highest BCUT2D eigenvalue weighted by atomic mass is 35.5. The highest BCUT2D eigenvalue weighted by Crippen LogP contribution is 2.29. The van der Waals surface area contributed by atoms with Gasteiger partial charge in [0.05, 0.1) is 10.8 Å². The van der Waals surface area contributed by atoms with Gasteiger partial charge in [-0.1, -0.05) is 43.6 Å². The SMILES string of the molecule is Cc1ccc(S(=O)(=O)N(C)C)cc1NC(=O)[C@@H](c1ccc(Cl)cc1)C(C)C. The van der Waals surface area contributed by atoms with Gasteiger partial charge in [0.1, 0.15) is 0 Å². The van der Waals surface area contributed by atoms with E-state index >= 15 is 0 Å². The van der Waals surface area contributed by atoms with Crippen molar-refractivity contribution in [3.8, 4) is 0 Å². The van der Waals surface area contributed by atoms with Crippen LogP contribution in [0.4, 0.5) is 5.69 Å². The lowest BCUT2D eigenvalue weighted by molar-refractivity contribution is -0.118. The summed E-state index contributed by atoms with van der Waals surface area (Å²) < 4.78 is 25.9.